The van der Waals surface area contributed by atoms with Crippen LogP contribution < -0.4 is 0 Å². The van der Waals surface area contributed by atoms with E-state index in [0.717, 1.165) is 22.0 Å². The van der Waals surface area contributed by atoms with Crippen molar-refractivity contribution in [2.75, 3.05) is 20.3 Å². The molecule has 0 aliphatic heterocycles. The number of esters is 1. The zero-order chi connectivity index (χ0) is 21.0. The van der Waals surface area contributed by atoms with Crippen LogP contribution in [0.5, 0.6) is 0 Å². The van der Waals surface area contributed by atoms with Crippen molar-refractivity contribution in [1.82, 2.24) is 9.55 Å². The van der Waals surface area contributed by atoms with E-state index in [1.54, 1.807) is 12.5 Å². The van der Waals surface area contributed by atoms with Crippen LogP contribution in [0.25, 0.3) is 10.6 Å². The van der Waals surface area contributed by atoms with Gasteiger partial charge in [0.2, 0.25) is 5.78 Å². The minimum absolute atomic E-state index is 0.107. The van der Waals surface area contributed by atoms with Crippen LogP contribution in [-0.2, 0) is 9.47 Å². The summed E-state index contributed by atoms with van der Waals surface area (Å²) in [5.74, 6) is -0.834. The van der Waals surface area contributed by atoms with Gasteiger partial charge >= 0.3 is 5.97 Å². The molecule has 0 saturated heterocycles. The van der Waals surface area contributed by atoms with Gasteiger partial charge < -0.3 is 14.0 Å². The summed E-state index contributed by atoms with van der Waals surface area (Å²) >= 11 is 1.37. The van der Waals surface area contributed by atoms with Crippen molar-refractivity contribution in [2.24, 2.45) is 0 Å². The van der Waals surface area contributed by atoms with Gasteiger partial charge in [-0.1, -0.05) is 30.3 Å². The molecule has 0 fully saturated rings. The molecule has 3 rings (SSSR count). The van der Waals surface area contributed by atoms with Crippen molar-refractivity contribution < 1.29 is 19.1 Å². The Morgan fingerprint density at radius 1 is 1.21 bits per heavy atom. The first-order valence-corrected chi connectivity index (χ1v) is 10.2. The van der Waals surface area contributed by atoms with E-state index < -0.39 is 5.97 Å². The first kappa shape index (κ1) is 21.0. The molecule has 29 heavy (non-hydrogen) atoms. The number of methoxy groups -OCH3 is 1. The summed E-state index contributed by atoms with van der Waals surface area (Å²) in [6.45, 7) is 6.10. The SMILES string of the molecule is COC[C@@H](C)n1c(C)cc(C(=O)COC(=O)c2csc(-c3ccccc3)n2)c1C. The molecular formula is C22H24N2O4S. The van der Waals surface area contributed by atoms with Crippen molar-refractivity contribution in [2.45, 2.75) is 26.8 Å². The van der Waals surface area contributed by atoms with E-state index in [1.807, 2.05) is 57.2 Å². The molecule has 0 radical (unpaired) electrons. The number of hydrogen-bond donors (Lipinski definition) is 0. The molecule has 1 aromatic carbocycles. The van der Waals surface area contributed by atoms with E-state index in [-0.39, 0.29) is 24.1 Å². The van der Waals surface area contributed by atoms with E-state index in [0.29, 0.717) is 12.2 Å². The van der Waals surface area contributed by atoms with Crippen LogP contribution in [0.3, 0.4) is 0 Å². The first-order valence-electron chi connectivity index (χ1n) is 9.31. The number of rotatable bonds is 8. The van der Waals surface area contributed by atoms with E-state index in [9.17, 15) is 9.59 Å². The number of ketones is 1. The predicted molar refractivity (Wildman–Crippen MR) is 113 cm³/mol. The normalized spacial score (nSPS) is 12.0. The molecular weight excluding hydrogens is 388 g/mol. The van der Waals surface area contributed by atoms with Gasteiger partial charge in [0.1, 0.15) is 5.01 Å². The van der Waals surface area contributed by atoms with Crippen LogP contribution >= 0.6 is 11.3 Å². The summed E-state index contributed by atoms with van der Waals surface area (Å²) < 4.78 is 12.5. The molecule has 0 spiro atoms. The molecule has 1 atom stereocenters. The topological polar surface area (TPSA) is 70.4 Å². The van der Waals surface area contributed by atoms with Gasteiger partial charge in [0.15, 0.2) is 12.3 Å². The van der Waals surface area contributed by atoms with Gasteiger partial charge in [0, 0.05) is 35.0 Å². The highest BCUT2D eigenvalue weighted by Gasteiger charge is 2.21. The Balaban J connectivity index is 1.66. The van der Waals surface area contributed by atoms with Gasteiger partial charge in [-0.3, -0.25) is 4.79 Å². The number of nitrogens with zero attached hydrogens (tertiary/aromatic N) is 2. The minimum atomic E-state index is -0.599. The number of aromatic nitrogens is 2. The Morgan fingerprint density at radius 3 is 2.62 bits per heavy atom. The number of thiazole rings is 1. The quantitative estimate of drug-likeness (QED) is 0.403. The third kappa shape index (κ3) is 4.63. The Labute approximate surface area is 174 Å². The maximum absolute atomic E-state index is 12.6. The first-order chi connectivity index (χ1) is 13.9. The Morgan fingerprint density at radius 2 is 1.93 bits per heavy atom. The predicted octanol–water partition coefficient (Wildman–Crippen LogP) is 4.48. The van der Waals surface area contributed by atoms with Gasteiger partial charge in [-0.2, -0.15) is 0 Å². The molecule has 0 bridgehead atoms. The number of aryl methyl sites for hydroxylation is 1. The molecule has 0 N–H and O–H groups in total. The summed E-state index contributed by atoms with van der Waals surface area (Å²) in [5, 5.41) is 2.38. The lowest BCUT2D eigenvalue weighted by molar-refractivity contribution is 0.0469. The van der Waals surface area contributed by atoms with Crippen molar-refractivity contribution in [3.63, 3.8) is 0 Å². The Hall–Kier alpha value is -2.77. The lowest BCUT2D eigenvalue weighted by atomic mass is 10.1. The second-order valence-electron chi connectivity index (χ2n) is 6.86. The number of carbonyl (C=O) groups excluding carboxylic acids is 2. The summed E-state index contributed by atoms with van der Waals surface area (Å²) in [6.07, 6.45) is 0. The van der Waals surface area contributed by atoms with Crippen LogP contribution in [-0.4, -0.2) is 41.6 Å². The third-order valence-corrected chi connectivity index (χ3v) is 5.59. The van der Waals surface area contributed by atoms with E-state index >= 15 is 0 Å². The van der Waals surface area contributed by atoms with Gasteiger partial charge in [-0.15, -0.1) is 11.3 Å². The van der Waals surface area contributed by atoms with E-state index in [2.05, 4.69) is 9.55 Å². The number of Topliss-reactive ketones (excluding diaryl/α,β-unsaturated/α-hetero) is 1. The van der Waals surface area contributed by atoms with Crippen molar-refractivity contribution in [1.29, 1.82) is 0 Å². The molecule has 0 unspecified atom stereocenters. The molecule has 3 aromatic rings. The highest BCUT2D eigenvalue weighted by molar-refractivity contribution is 7.13. The molecule has 0 saturated carbocycles. The fourth-order valence-electron chi connectivity index (χ4n) is 3.42. The number of hydrogen-bond acceptors (Lipinski definition) is 6. The Bertz CT molecular complexity index is 1010. The molecule has 6 nitrogen and oxygen atoms in total. The van der Waals surface area contributed by atoms with Gasteiger partial charge in [0.05, 0.1) is 12.6 Å². The average molecular weight is 413 g/mol. The largest absolute Gasteiger partial charge is 0.453 e. The highest BCUT2D eigenvalue weighted by Crippen LogP contribution is 2.24. The average Bonchev–Trinajstić information content (AvgIpc) is 3.32. The number of ether oxygens (including phenoxy) is 2. The molecule has 2 aromatic heterocycles. The summed E-state index contributed by atoms with van der Waals surface area (Å²) in [7, 11) is 1.65. The molecule has 2 heterocycles. The van der Waals surface area contributed by atoms with Gasteiger partial charge in [-0.25, -0.2) is 9.78 Å². The Kier molecular flexibility index (Phi) is 6.61. The zero-order valence-corrected chi connectivity index (χ0v) is 17.8. The van der Waals surface area contributed by atoms with Crippen LogP contribution in [0.15, 0.2) is 41.8 Å². The zero-order valence-electron chi connectivity index (χ0n) is 17.0. The summed E-state index contributed by atoms with van der Waals surface area (Å²) in [4.78, 5) is 29.3. The minimum Gasteiger partial charge on any atom is -0.453 e. The van der Waals surface area contributed by atoms with E-state index in [1.165, 1.54) is 11.3 Å². The van der Waals surface area contributed by atoms with E-state index in [4.69, 9.17) is 9.47 Å². The second kappa shape index (κ2) is 9.15. The number of carbonyl (C=O) groups is 2. The lowest BCUT2D eigenvalue weighted by Crippen LogP contribution is -2.17. The maximum atomic E-state index is 12.6. The monoisotopic (exact) mass is 412 g/mol. The standard InChI is InChI=1S/C22H24N2O4S/c1-14-10-18(16(3)24(14)15(2)11-27-4)20(25)12-28-22(26)19-13-29-21(23-19)17-8-6-5-7-9-17/h5-10,13,15H,11-12H2,1-4H3/t15-/m1/s1. The van der Waals surface area contributed by atoms with Crippen LogP contribution in [0.4, 0.5) is 0 Å². The smallest absolute Gasteiger partial charge is 0.358 e. The number of benzene rings is 1. The molecule has 0 aliphatic rings. The highest BCUT2D eigenvalue weighted by atomic mass is 32.1. The van der Waals surface area contributed by atoms with Crippen molar-refractivity contribution >= 4 is 23.1 Å². The third-order valence-electron chi connectivity index (χ3n) is 4.70. The maximum Gasteiger partial charge on any atom is 0.358 e. The fourth-order valence-corrected chi connectivity index (χ4v) is 4.21. The summed E-state index contributed by atoms with van der Waals surface area (Å²) in [5.41, 5.74) is 3.51. The van der Waals surface area contributed by atoms with Gasteiger partial charge in [0.25, 0.3) is 0 Å². The fraction of sp³-hybridized carbons (Fsp3) is 0.318. The van der Waals surface area contributed by atoms with Crippen LogP contribution in [0.1, 0.15) is 45.2 Å². The molecule has 152 valence electrons. The van der Waals surface area contributed by atoms with Crippen molar-refractivity contribution in [3.05, 3.63) is 64.4 Å². The van der Waals surface area contributed by atoms with Crippen LogP contribution in [0.2, 0.25) is 0 Å². The lowest BCUT2D eigenvalue weighted by Gasteiger charge is -2.17. The van der Waals surface area contributed by atoms with Crippen LogP contribution in [0, 0.1) is 13.8 Å². The molecule has 0 amide bonds. The second-order valence-corrected chi connectivity index (χ2v) is 7.72. The molecule has 7 heteroatoms. The molecule has 0 aliphatic carbocycles. The summed E-state index contributed by atoms with van der Waals surface area (Å²) in [6, 6.07) is 11.5. The van der Waals surface area contributed by atoms with Gasteiger partial charge in [-0.05, 0) is 26.8 Å². The van der Waals surface area contributed by atoms with Crippen molar-refractivity contribution in [3.8, 4) is 10.6 Å².